The van der Waals surface area contributed by atoms with Crippen molar-refractivity contribution in [1.82, 2.24) is 10.2 Å². The minimum Gasteiger partial charge on any atom is -0.456 e. The van der Waals surface area contributed by atoms with Gasteiger partial charge in [-0.2, -0.15) is 0 Å². The molecule has 0 unspecified atom stereocenters. The molecular formula is C19H21ClN2O6. The van der Waals surface area contributed by atoms with E-state index in [9.17, 15) is 19.2 Å². The maximum atomic E-state index is 12.5. The van der Waals surface area contributed by atoms with E-state index in [1.54, 1.807) is 13.8 Å². The molecule has 8 nitrogen and oxygen atoms in total. The van der Waals surface area contributed by atoms with Gasteiger partial charge >= 0.3 is 11.9 Å². The molecular weight excluding hydrogens is 388 g/mol. The van der Waals surface area contributed by atoms with Crippen LogP contribution in [-0.2, 0) is 35.3 Å². The predicted molar refractivity (Wildman–Crippen MR) is 99.7 cm³/mol. The van der Waals surface area contributed by atoms with Crippen molar-refractivity contribution in [2.24, 2.45) is 0 Å². The summed E-state index contributed by atoms with van der Waals surface area (Å²) < 4.78 is 9.86. The highest BCUT2D eigenvalue weighted by atomic mass is 35.5. The molecule has 0 radical (unpaired) electrons. The minimum absolute atomic E-state index is 0.0337. The average Bonchev–Trinajstić information content (AvgIpc) is 2.66. The van der Waals surface area contributed by atoms with Crippen molar-refractivity contribution in [2.75, 3.05) is 6.61 Å². The van der Waals surface area contributed by atoms with Gasteiger partial charge in [0.25, 0.3) is 11.8 Å². The third-order valence-electron chi connectivity index (χ3n) is 3.87. The zero-order valence-corrected chi connectivity index (χ0v) is 16.5. The number of hydrogen-bond acceptors (Lipinski definition) is 6. The van der Waals surface area contributed by atoms with Crippen molar-refractivity contribution in [1.29, 1.82) is 0 Å². The molecule has 0 aromatic heterocycles. The molecule has 28 heavy (non-hydrogen) atoms. The molecule has 1 N–H and O–H groups in total. The van der Waals surface area contributed by atoms with Crippen LogP contribution in [0.5, 0.6) is 0 Å². The molecule has 150 valence electrons. The number of halogens is 1. The van der Waals surface area contributed by atoms with Crippen LogP contribution < -0.4 is 5.32 Å². The van der Waals surface area contributed by atoms with E-state index in [4.69, 9.17) is 16.3 Å². The van der Waals surface area contributed by atoms with E-state index in [-0.39, 0.29) is 12.3 Å². The molecule has 1 heterocycles. The molecule has 1 fully saturated rings. The Kier molecular flexibility index (Phi) is 7.17. The monoisotopic (exact) mass is 408 g/mol. The topological polar surface area (TPSA) is 102 Å². The number of rotatable bonds is 7. The van der Waals surface area contributed by atoms with Crippen molar-refractivity contribution >= 4 is 35.4 Å². The Morgan fingerprint density at radius 3 is 2.29 bits per heavy atom. The molecule has 1 aliphatic heterocycles. The van der Waals surface area contributed by atoms with E-state index < -0.39 is 41.9 Å². The molecule has 1 aliphatic rings. The van der Waals surface area contributed by atoms with Crippen LogP contribution in [0.3, 0.4) is 0 Å². The molecule has 9 heteroatoms. The van der Waals surface area contributed by atoms with Crippen LogP contribution in [0.4, 0.5) is 0 Å². The van der Waals surface area contributed by atoms with Crippen LogP contribution in [0.2, 0.25) is 0 Å². The minimum atomic E-state index is -1.03. The Labute approximate surface area is 167 Å². The van der Waals surface area contributed by atoms with E-state index >= 15 is 0 Å². The number of alkyl halides is 1. The van der Waals surface area contributed by atoms with Gasteiger partial charge in [0.05, 0.1) is 0 Å². The van der Waals surface area contributed by atoms with Gasteiger partial charge in [-0.3, -0.25) is 19.3 Å². The number of carbonyl (C=O) groups is 4. The summed E-state index contributed by atoms with van der Waals surface area (Å²) in [5, 5.41) is 2.38. The summed E-state index contributed by atoms with van der Waals surface area (Å²) in [5.41, 5.74) is 0.410. The van der Waals surface area contributed by atoms with Crippen LogP contribution in [-0.4, -0.2) is 46.8 Å². The number of carbonyl (C=O) groups excluding carboxylic acids is 4. The quantitative estimate of drug-likeness (QED) is 0.241. The van der Waals surface area contributed by atoms with Crippen molar-refractivity contribution in [3.05, 3.63) is 47.2 Å². The molecule has 2 amide bonds. The van der Waals surface area contributed by atoms with Crippen molar-refractivity contribution in [2.45, 2.75) is 38.9 Å². The number of hydrogen-bond donors (Lipinski definition) is 1. The van der Waals surface area contributed by atoms with Gasteiger partial charge in [-0.1, -0.05) is 41.9 Å². The summed E-state index contributed by atoms with van der Waals surface area (Å²) in [6.07, 6.45) is 0. The Balaban J connectivity index is 2.00. The van der Waals surface area contributed by atoms with Gasteiger partial charge in [0.15, 0.2) is 6.61 Å². The number of allylic oxidation sites excluding steroid dienone is 1. The highest BCUT2D eigenvalue weighted by Gasteiger charge is 2.51. The predicted octanol–water partition coefficient (Wildman–Crippen LogP) is 1.48. The molecule has 0 saturated carbocycles. The van der Waals surface area contributed by atoms with Gasteiger partial charge in [-0.15, -0.1) is 0 Å². The number of nitrogens with zero attached hydrogens (tertiary/aromatic N) is 1. The fourth-order valence-electron chi connectivity index (χ4n) is 2.54. The number of β-lactam (4-membered cyclic amide) rings is 1. The number of nitrogens with one attached hydrogen (secondary N) is 1. The normalized spacial score (nSPS) is 18.0. The number of esters is 2. The fraction of sp³-hybridized carbons (Fsp3) is 0.368. The summed E-state index contributed by atoms with van der Waals surface area (Å²) >= 11 is 6.22. The fourth-order valence-corrected chi connectivity index (χ4v) is 2.90. The highest BCUT2D eigenvalue weighted by molar-refractivity contribution is 6.27. The number of likely N-dealkylation sites (tertiary alicyclic amines) is 1. The highest BCUT2D eigenvalue weighted by Crippen LogP contribution is 2.30. The zero-order valence-electron chi connectivity index (χ0n) is 15.7. The Morgan fingerprint density at radius 2 is 1.75 bits per heavy atom. The molecule has 1 aromatic rings. The number of amides is 2. The first kappa shape index (κ1) is 21.4. The number of benzene rings is 1. The first-order valence-corrected chi connectivity index (χ1v) is 8.94. The Hall–Kier alpha value is -2.87. The van der Waals surface area contributed by atoms with Gasteiger partial charge in [-0.25, -0.2) is 4.79 Å². The molecule has 0 bridgehead atoms. The standard InChI is InChI=1S/C19H21ClN2O6/c1-11(2)16(19(26)28-9-13-7-5-4-6-8-13)22-17(20)15(18(22)25)21-14(24)10-27-12(3)23/h4-8,15,17H,9-10H2,1-3H3,(H,21,24)/t15-,17+/m0/s1. The van der Waals surface area contributed by atoms with E-state index in [0.717, 1.165) is 17.4 Å². The lowest BCUT2D eigenvalue weighted by molar-refractivity contribution is -0.155. The van der Waals surface area contributed by atoms with E-state index in [2.05, 4.69) is 10.1 Å². The second kappa shape index (κ2) is 9.36. The van der Waals surface area contributed by atoms with Gasteiger partial charge in [0, 0.05) is 6.92 Å². The van der Waals surface area contributed by atoms with Crippen LogP contribution in [0.15, 0.2) is 41.6 Å². The summed E-state index contributed by atoms with van der Waals surface area (Å²) in [4.78, 5) is 48.5. The summed E-state index contributed by atoms with van der Waals surface area (Å²) in [5.74, 6) is -2.52. The van der Waals surface area contributed by atoms with Crippen molar-refractivity contribution < 1.29 is 28.7 Å². The third-order valence-corrected chi connectivity index (χ3v) is 4.32. The van der Waals surface area contributed by atoms with E-state index in [1.165, 1.54) is 0 Å². The van der Waals surface area contributed by atoms with Gasteiger partial charge in [0.2, 0.25) is 0 Å². The summed E-state index contributed by atoms with van der Waals surface area (Å²) in [6, 6.07) is 8.08. The first-order chi connectivity index (χ1) is 13.2. The number of ether oxygens (including phenoxy) is 2. The average molecular weight is 409 g/mol. The summed E-state index contributed by atoms with van der Waals surface area (Å²) in [6.45, 7) is 4.01. The zero-order chi connectivity index (χ0) is 20.8. The van der Waals surface area contributed by atoms with E-state index in [0.29, 0.717) is 5.57 Å². The summed E-state index contributed by atoms with van der Waals surface area (Å²) in [7, 11) is 0. The lowest BCUT2D eigenvalue weighted by Gasteiger charge is -2.44. The molecule has 2 rings (SSSR count). The lowest BCUT2D eigenvalue weighted by Crippen LogP contribution is -2.69. The van der Waals surface area contributed by atoms with Crippen molar-refractivity contribution in [3.63, 3.8) is 0 Å². The molecule has 1 saturated heterocycles. The van der Waals surface area contributed by atoms with Crippen LogP contribution >= 0.6 is 11.6 Å². The van der Waals surface area contributed by atoms with Gasteiger partial charge < -0.3 is 14.8 Å². The van der Waals surface area contributed by atoms with Crippen LogP contribution in [0.1, 0.15) is 26.3 Å². The van der Waals surface area contributed by atoms with Crippen molar-refractivity contribution in [3.8, 4) is 0 Å². The van der Waals surface area contributed by atoms with Crippen LogP contribution in [0, 0.1) is 0 Å². The maximum absolute atomic E-state index is 12.5. The second-order valence-corrected chi connectivity index (χ2v) is 6.76. The second-order valence-electron chi connectivity index (χ2n) is 6.32. The Morgan fingerprint density at radius 1 is 1.11 bits per heavy atom. The van der Waals surface area contributed by atoms with Gasteiger partial charge in [-0.05, 0) is 25.0 Å². The van der Waals surface area contributed by atoms with E-state index in [1.807, 2.05) is 30.3 Å². The Bertz CT molecular complexity index is 804. The maximum Gasteiger partial charge on any atom is 0.355 e. The SMILES string of the molecule is CC(=O)OCC(=O)N[C@@H]1C(=O)N(C(C(=O)OCc2ccccc2)=C(C)C)[C@H]1Cl. The molecule has 0 aliphatic carbocycles. The largest absolute Gasteiger partial charge is 0.456 e. The molecule has 2 atom stereocenters. The van der Waals surface area contributed by atoms with Gasteiger partial charge in [0.1, 0.15) is 23.8 Å². The first-order valence-electron chi connectivity index (χ1n) is 8.50. The smallest absolute Gasteiger partial charge is 0.355 e. The van der Waals surface area contributed by atoms with Crippen LogP contribution in [0.25, 0.3) is 0 Å². The molecule has 1 aromatic carbocycles. The lowest BCUT2D eigenvalue weighted by atomic mass is 10.0. The third kappa shape index (κ3) is 5.10. The molecule has 0 spiro atoms.